The summed E-state index contributed by atoms with van der Waals surface area (Å²) >= 11 is 0. The summed E-state index contributed by atoms with van der Waals surface area (Å²) < 4.78 is 10.5. The predicted octanol–water partition coefficient (Wildman–Crippen LogP) is 2.04. The maximum Gasteiger partial charge on any atom is 0.148 e. The van der Waals surface area contributed by atoms with E-state index in [-0.39, 0.29) is 12.2 Å². The Kier molecular flexibility index (Phi) is 2.79. The van der Waals surface area contributed by atoms with Crippen LogP contribution in [0, 0.1) is 0 Å². The summed E-state index contributed by atoms with van der Waals surface area (Å²) in [7, 11) is 0. The summed E-state index contributed by atoms with van der Waals surface area (Å²) in [6.45, 7) is 0. The van der Waals surface area contributed by atoms with Gasteiger partial charge in [0.1, 0.15) is 18.2 Å². The first kappa shape index (κ1) is 9.21. The van der Waals surface area contributed by atoms with Crippen molar-refractivity contribution in [3.05, 3.63) is 30.2 Å². The summed E-state index contributed by atoms with van der Waals surface area (Å²) in [5.74, 6) is 0.808. The van der Waals surface area contributed by atoms with Gasteiger partial charge < -0.3 is 13.9 Å². The van der Waals surface area contributed by atoms with Crippen molar-refractivity contribution in [3.8, 4) is 0 Å². The largest absolute Gasteiger partial charge is 0.465 e. The van der Waals surface area contributed by atoms with Crippen LogP contribution in [0.15, 0.2) is 28.9 Å². The molecule has 0 radical (unpaired) electrons. The van der Waals surface area contributed by atoms with Crippen molar-refractivity contribution in [3.63, 3.8) is 0 Å². The van der Waals surface area contributed by atoms with Crippen molar-refractivity contribution in [2.75, 3.05) is 0 Å². The molecule has 0 bridgehead atoms. The van der Waals surface area contributed by atoms with Crippen LogP contribution in [0.3, 0.4) is 0 Å². The molecule has 1 saturated heterocycles. The fraction of sp³-hybridized carbons (Fsp3) is 0.364. The molecular weight excluding hydrogens is 180 g/mol. The molecule has 1 aromatic heterocycles. The van der Waals surface area contributed by atoms with E-state index in [9.17, 15) is 4.79 Å². The third-order valence-corrected chi connectivity index (χ3v) is 2.26. The number of ether oxygens (including phenoxy) is 1. The zero-order chi connectivity index (χ0) is 9.80. The Labute approximate surface area is 82.4 Å². The monoisotopic (exact) mass is 192 g/mol. The SMILES string of the molecule is O=C[C@@H]1CC[C@H](C=Cc2ccco2)O1. The Morgan fingerprint density at radius 3 is 2.86 bits per heavy atom. The Hall–Kier alpha value is -1.35. The van der Waals surface area contributed by atoms with Crippen LogP contribution >= 0.6 is 0 Å². The van der Waals surface area contributed by atoms with Crippen molar-refractivity contribution in [1.82, 2.24) is 0 Å². The first-order valence-corrected chi connectivity index (χ1v) is 4.71. The molecule has 0 aromatic carbocycles. The normalized spacial score (nSPS) is 27.1. The summed E-state index contributed by atoms with van der Waals surface area (Å²) in [6, 6.07) is 3.71. The Morgan fingerprint density at radius 2 is 2.21 bits per heavy atom. The second kappa shape index (κ2) is 4.24. The minimum Gasteiger partial charge on any atom is -0.465 e. The number of furan rings is 1. The maximum atomic E-state index is 10.4. The minimum absolute atomic E-state index is 0.0512. The molecule has 3 heteroatoms. The molecule has 2 heterocycles. The van der Waals surface area contributed by atoms with Gasteiger partial charge in [0.2, 0.25) is 0 Å². The van der Waals surface area contributed by atoms with Crippen molar-refractivity contribution in [2.24, 2.45) is 0 Å². The van der Waals surface area contributed by atoms with E-state index >= 15 is 0 Å². The molecule has 14 heavy (non-hydrogen) atoms. The van der Waals surface area contributed by atoms with Gasteiger partial charge in [-0.3, -0.25) is 0 Å². The fourth-order valence-corrected chi connectivity index (χ4v) is 1.52. The van der Waals surface area contributed by atoms with Crippen LogP contribution in [0.5, 0.6) is 0 Å². The minimum atomic E-state index is -0.221. The lowest BCUT2D eigenvalue weighted by atomic mass is 10.2. The second-order valence-electron chi connectivity index (χ2n) is 3.30. The first-order chi connectivity index (χ1) is 6.88. The van der Waals surface area contributed by atoms with Crippen LogP contribution in [0.4, 0.5) is 0 Å². The summed E-state index contributed by atoms with van der Waals surface area (Å²) in [4.78, 5) is 10.4. The number of hydrogen-bond acceptors (Lipinski definition) is 3. The Balaban J connectivity index is 1.90. The van der Waals surface area contributed by atoms with Gasteiger partial charge >= 0.3 is 0 Å². The van der Waals surface area contributed by atoms with E-state index in [1.165, 1.54) is 0 Å². The molecule has 2 atom stereocenters. The van der Waals surface area contributed by atoms with Crippen LogP contribution < -0.4 is 0 Å². The van der Waals surface area contributed by atoms with Crippen molar-refractivity contribution in [2.45, 2.75) is 25.0 Å². The van der Waals surface area contributed by atoms with E-state index in [4.69, 9.17) is 9.15 Å². The van der Waals surface area contributed by atoms with Crippen LogP contribution in [-0.4, -0.2) is 18.5 Å². The standard InChI is InChI=1S/C11H12O3/c12-8-11-6-5-10(14-11)4-3-9-2-1-7-13-9/h1-4,7-8,10-11H,5-6H2/t10-,11-/m0/s1. The van der Waals surface area contributed by atoms with E-state index in [0.717, 1.165) is 24.9 Å². The topological polar surface area (TPSA) is 39.4 Å². The average molecular weight is 192 g/mol. The lowest BCUT2D eigenvalue weighted by molar-refractivity contribution is -0.116. The second-order valence-corrected chi connectivity index (χ2v) is 3.30. The molecule has 74 valence electrons. The van der Waals surface area contributed by atoms with Crippen molar-refractivity contribution < 1.29 is 13.9 Å². The lowest BCUT2D eigenvalue weighted by Gasteiger charge is -2.03. The van der Waals surface area contributed by atoms with E-state index in [1.807, 2.05) is 24.3 Å². The third-order valence-electron chi connectivity index (χ3n) is 2.26. The molecule has 0 unspecified atom stereocenters. The number of aldehydes is 1. The number of rotatable bonds is 3. The highest BCUT2D eigenvalue weighted by atomic mass is 16.5. The van der Waals surface area contributed by atoms with Crippen LogP contribution in [0.1, 0.15) is 18.6 Å². The molecule has 1 aliphatic heterocycles. The quantitative estimate of drug-likeness (QED) is 0.688. The third kappa shape index (κ3) is 2.12. The highest BCUT2D eigenvalue weighted by molar-refractivity contribution is 5.56. The predicted molar refractivity (Wildman–Crippen MR) is 51.7 cm³/mol. The van der Waals surface area contributed by atoms with E-state index in [2.05, 4.69) is 0 Å². The summed E-state index contributed by atoms with van der Waals surface area (Å²) in [6.07, 6.45) is 7.85. The van der Waals surface area contributed by atoms with Gasteiger partial charge in [-0.05, 0) is 31.1 Å². The number of carbonyl (C=O) groups is 1. The fourth-order valence-electron chi connectivity index (χ4n) is 1.52. The maximum absolute atomic E-state index is 10.4. The number of hydrogen-bond donors (Lipinski definition) is 0. The summed E-state index contributed by atoms with van der Waals surface area (Å²) in [5.41, 5.74) is 0. The number of carbonyl (C=O) groups excluding carboxylic acids is 1. The van der Waals surface area contributed by atoms with Crippen molar-refractivity contribution >= 4 is 12.4 Å². The molecule has 1 aromatic rings. The molecule has 0 spiro atoms. The lowest BCUT2D eigenvalue weighted by Crippen LogP contribution is -2.09. The molecule has 3 nitrogen and oxygen atoms in total. The molecule has 2 rings (SSSR count). The van der Waals surface area contributed by atoms with Gasteiger partial charge in [0.15, 0.2) is 0 Å². The molecule has 1 aliphatic rings. The zero-order valence-electron chi connectivity index (χ0n) is 7.76. The molecule has 0 N–H and O–H groups in total. The molecule has 0 amide bonds. The van der Waals surface area contributed by atoms with E-state index < -0.39 is 0 Å². The van der Waals surface area contributed by atoms with Gasteiger partial charge in [-0.2, -0.15) is 0 Å². The van der Waals surface area contributed by atoms with Gasteiger partial charge in [0, 0.05) is 0 Å². The van der Waals surface area contributed by atoms with Gasteiger partial charge in [-0.15, -0.1) is 0 Å². The Bertz CT molecular complexity index is 313. The van der Waals surface area contributed by atoms with Crippen LogP contribution in [0.25, 0.3) is 6.08 Å². The van der Waals surface area contributed by atoms with Gasteiger partial charge in [-0.25, -0.2) is 0 Å². The zero-order valence-corrected chi connectivity index (χ0v) is 7.76. The highest BCUT2D eigenvalue weighted by Crippen LogP contribution is 2.19. The molecule has 1 fully saturated rings. The molecule has 0 aliphatic carbocycles. The Morgan fingerprint density at radius 1 is 1.36 bits per heavy atom. The van der Waals surface area contributed by atoms with Gasteiger partial charge in [0.25, 0.3) is 0 Å². The van der Waals surface area contributed by atoms with E-state index in [0.29, 0.717) is 0 Å². The van der Waals surface area contributed by atoms with Gasteiger partial charge in [-0.1, -0.05) is 6.08 Å². The van der Waals surface area contributed by atoms with Crippen molar-refractivity contribution in [1.29, 1.82) is 0 Å². The smallest absolute Gasteiger partial charge is 0.148 e. The summed E-state index contributed by atoms with van der Waals surface area (Å²) in [5, 5.41) is 0. The first-order valence-electron chi connectivity index (χ1n) is 4.71. The highest BCUT2D eigenvalue weighted by Gasteiger charge is 2.22. The molecular formula is C11H12O3. The van der Waals surface area contributed by atoms with E-state index in [1.54, 1.807) is 6.26 Å². The van der Waals surface area contributed by atoms with Crippen LogP contribution in [-0.2, 0) is 9.53 Å². The molecule has 0 saturated carbocycles. The average Bonchev–Trinajstić information content (AvgIpc) is 2.86. The van der Waals surface area contributed by atoms with Gasteiger partial charge in [0.05, 0.1) is 12.4 Å². The van der Waals surface area contributed by atoms with Crippen LogP contribution in [0.2, 0.25) is 0 Å².